The van der Waals surface area contributed by atoms with Gasteiger partial charge in [-0.25, -0.2) is 15.0 Å². The van der Waals surface area contributed by atoms with E-state index in [2.05, 4.69) is 15.0 Å². The summed E-state index contributed by atoms with van der Waals surface area (Å²) in [5.41, 5.74) is 9.80. The Bertz CT molecular complexity index is 851. The van der Waals surface area contributed by atoms with Gasteiger partial charge in [0.1, 0.15) is 5.84 Å². The van der Waals surface area contributed by atoms with E-state index in [1.807, 2.05) is 48.5 Å². The van der Waals surface area contributed by atoms with E-state index in [-0.39, 0.29) is 6.23 Å². The molecule has 0 bridgehead atoms. The van der Waals surface area contributed by atoms with Crippen LogP contribution in [-0.4, -0.2) is 24.6 Å². The van der Waals surface area contributed by atoms with Crippen molar-refractivity contribution in [2.75, 3.05) is 7.11 Å². The molecular weight excluding hydrogens is 276 g/mol. The standard InChI is InChI=1S/C17H14N4O/c1-22-17-13-9-5-4-8-12(13)16(21-17)20-15-11-7-3-2-6-10(11)14(18)19-15/h2-9,17H,1H3,(H2,18,19,20,21). The summed E-state index contributed by atoms with van der Waals surface area (Å²) in [7, 11) is 1.64. The van der Waals surface area contributed by atoms with Crippen LogP contribution in [0.3, 0.4) is 0 Å². The van der Waals surface area contributed by atoms with Crippen LogP contribution in [0.25, 0.3) is 0 Å². The van der Waals surface area contributed by atoms with Gasteiger partial charge in [-0.05, 0) is 0 Å². The maximum absolute atomic E-state index is 5.96. The summed E-state index contributed by atoms with van der Waals surface area (Å²) >= 11 is 0. The van der Waals surface area contributed by atoms with Gasteiger partial charge in [0.05, 0.1) is 0 Å². The molecule has 22 heavy (non-hydrogen) atoms. The molecule has 0 aromatic heterocycles. The van der Waals surface area contributed by atoms with Crippen LogP contribution in [0.15, 0.2) is 63.5 Å². The zero-order valence-electron chi connectivity index (χ0n) is 12.0. The lowest BCUT2D eigenvalue weighted by Gasteiger charge is -2.05. The van der Waals surface area contributed by atoms with Crippen molar-refractivity contribution in [3.63, 3.8) is 0 Å². The summed E-state index contributed by atoms with van der Waals surface area (Å²) in [6.07, 6.45) is -0.312. The molecule has 2 aliphatic heterocycles. The van der Waals surface area contributed by atoms with E-state index in [9.17, 15) is 0 Å². The van der Waals surface area contributed by atoms with Gasteiger partial charge in [-0.3, -0.25) is 0 Å². The lowest BCUT2D eigenvalue weighted by molar-refractivity contribution is 0.114. The number of methoxy groups -OCH3 is 1. The molecule has 0 saturated carbocycles. The third kappa shape index (κ3) is 1.87. The second kappa shape index (κ2) is 4.89. The molecule has 1 unspecified atom stereocenters. The molecule has 0 fully saturated rings. The van der Waals surface area contributed by atoms with Crippen LogP contribution in [-0.2, 0) is 4.74 Å². The van der Waals surface area contributed by atoms with Crippen LogP contribution in [0.2, 0.25) is 0 Å². The highest BCUT2D eigenvalue weighted by Gasteiger charge is 2.26. The first-order valence-corrected chi connectivity index (χ1v) is 7.00. The Morgan fingerprint density at radius 1 is 1.00 bits per heavy atom. The first-order chi connectivity index (χ1) is 10.8. The smallest absolute Gasteiger partial charge is 0.176 e. The summed E-state index contributed by atoms with van der Waals surface area (Å²) in [4.78, 5) is 13.5. The zero-order valence-corrected chi connectivity index (χ0v) is 12.0. The predicted molar refractivity (Wildman–Crippen MR) is 86.4 cm³/mol. The van der Waals surface area contributed by atoms with E-state index in [0.29, 0.717) is 17.5 Å². The Kier molecular flexibility index (Phi) is 2.87. The van der Waals surface area contributed by atoms with Gasteiger partial charge in [0.15, 0.2) is 17.9 Å². The summed E-state index contributed by atoms with van der Waals surface area (Å²) in [5, 5.41) is 0. The summed E-state index contributed by atoms with van der Waals surface area (Å²) in [6, 6.07) is 15.7. The molecule has 108 valence electrons. The van der Waals surface area contributed by atoms with Crippen LogP contribution in [0.1, 0.15) is 28.5 Å². The highest BCUT2D eigenvalue weighted by molar-refractivity contribution is 6.25. The molecule has 0 aliphatic carbocycles. The SMILES string of the molecule is COC1N=C(N=C2N=C(N)c3ccccc32)c2ccccc21. The lowest BCUT2D eigenvalue weighted by atomic mass is 10.1. The molecule has 0 radical (unpaired) electrons. The van der Waals surface area contributed by atoms with Gasteiger partial charge in [0, 0.05) is 29.4 Å². The van der Waals surface area contributed by atoms with Crippen molar-refractivity contribution in [3.05, 3.63) is 70.8 Å². The number of amidine groups is 3. The molecule has 5 heteroatoms. The fraction of sp³-hybridized carbons (Fsp3) is 0.118. The molecule has 4 rings (SSSR count). The Morgan fingerprint density at radius 2 is 1.68 bits per heavy atom. The number of benzene rings is 2. The summed E-state index contributed by atoms with van der Waals surface area (Å²) < 4.78 is 5.41. The van der Waals surface area contributed by atoms with Crippen LogP contribution in [0, 0.1) is 0 Å². The fourth-order valence-corrected chi connectivity index (χ4v) is 2.76. The number of nitrogens with zero attached hydrogens (tertiary/aromatic N) is 3. The normalized spacial score (nSPS) is 20.6. The minimum absolute atomic E-state index is 0.312. The van der Waals surface area contributed by atoms with E-state index in [1.165, 1.54) is 0 Å². The molecule has 0 amide bonds. The second-order valence-corrected chi connectivity index (χ2v) is 5.11. The highest BCUT2D eigenvalue weighted by Crippen LogP contribution is 2.31. The van der Waals surface area contributed by atoms with Gasteiger partial charge in [-0.15, -0.1) is 0 Å². The maximum atomic E-state index is 5.96. The minimum atomic E-state index is -0.312. The Balaban J connectivity index is 1.82. The van der Waals surface area contributed by atoms with Gasteiger partial charge in [-0.2, -0.15) is 0 Å². The van der Waals surface area contributed by atoms with Crippen LogP contribution in [0.5, 0.6) is 0 Å². The number of hydrogen-bond acceptors (Lipinski definition) is 4. The largest absolute Gasteiger partial charge is 0.383 e. The van der Waals surface area contributed by atoms with Gasteiger partial charge >= 0.3 is 0 Å². The van der Waals surface area contributed by atoms with Gasteiger partial charge in [0.2, 0.25) is 0 Å². The topological polar surface area (TPSA) is 72.3 Å². The van der Waals surface area contributed by atoms with Crippen molar-refractivity contribution < 1.29 is 4.74 Å². The fourth-order valence-electron chi connectivity index (χ4n) is 2.76. The maximum Gasteiger partial charge on any atom is 0.176 e. The van der Waals surface area contributed by atoms with Crippen molar-refractivity contribution in [2.24, 2.45) is 20.7 Å². The molecule has 2 aliphatic rings. The number of fused-ring (bicyclic) bond motifs is 2. The zero-order chi connectivity index (χ0) is 15.1. The first kappa shape index (κ1) is 12.9. The van der Waals surface area contributed by atoms with E-state index in [4.69, 9.17) is 10.5 Å². The molecule has 0 saturated heterocycles. The van der Waals surface area contributed by atoms with E-state index < -0.39 is 0 Å². The predicted octanol–water partition coefficient (Wildman–Crippen LogP) is 2.26. The monoisotopic (exact) mass is 290 g/mol. The average molecular weight is 290 g/mol. The minimum Gasteiger partial charge on any atom is -0.383 e. The molecule has 0 spiro atoms. The molecule has 2 aromatic rings. The molecule has 5 nitrogen and oxygen atoms in total. The Labute approximate surface area is 127 Å². The van der Waals surface area contributed by atoms with Crippen LogP contribution >= 0.6 is 0 Å². The van der Waals surface area contributed by atoms with E-state index in [0.717, 1.165) is 22.3 Å². The Morgan fingerprint density at radius 3 is 2.45 bits per heavy atom. The van der Waals surface area contributed by atoms with Crippen molar-refractivity contribution in [3.8, 4) is 0 Å². The van der Waals surface area contributed by atoms with Crippen molar-refractivity contribution in [2.45, 2.75) is 6.23 Å². The van der Waals surface area contributed by atoms with Crippen LogP contribution in [0.4, 0.5) is 0 Å². The number of hydrogen-bond donors (Lipinski definition) is 1. The van der Waals surface area contributed by atoms with Crippen molar-refractivity contribution in [1.82, 2.24) is 0 Å². The second-order valence-electron chi connectivity index (χ2n) is 5.11. The summed E-state index contributed by atoms with van der Waals surface area (Å²) in [6.45, 7) is 0. The molecular formula is C17H14N4O. The van der Waals surface area contributed by atoms with E-state index >= 15 is 0 Å². The van der Waals surface area contributed by atoms with Gasteiger partial charge in [-0.1, -0.05) is 48.5 Å². The lowest BCUT2D eigenvalue weighted by Crippen LogP contribution is -2.09. The molecule has 2 aromatic carbocycles. The highest BCUT2D eigenvalue weighted by atomic mass is 16.5. The van der Waals surface area contributed by atoms with Gasteiger partial charge in [0.25, 0.3) is 0 Å². The van der Waals surface area contributed by atoms with Gasteiger partial charge < -0.3 is 10.5 Å². The third-order valence-corrected chi connectivity index (χ3v) is 3.81. The number of nitrogens with two attached hydrogens (primary N) is 1. The average Bonchev–Trinajstić information content (AvgIpc) is 3.07. The molecule has 2 N–H and O–H groups in total. The number of aliphatic imine (C=N–C) groups is 3. The summed E-state index contributed by atoms with van der Waals surface area (Å²) in [5.74, 6) is 1.72. The third-order valence-electron chi connectivity index (χ3n) is 3.81. The number of ether oxygens (including phenoxy) is 1. The van der Waals surface area contributed by atoms with E-state index in [1.54, 1.807) is 7.11 Å². The Hall–Kier alpha value is -2.79. The molecule has 2 heterocycles. The van der Waals surface area contributed by atoms with Crippen LogP contribution < -0.4 is 5.73 Å². The number of rotatable bonds is 1. The molecule has 1 atom stereocenters. The van der Waals surface area contributed by atoms with Crippen molar-refractivity contribution >= 4 is 17.5 Å². The quantitative estimate of drug-likeness (QED) is 0.875. The van der Waals surface area contributed by atoms with Crippen molar-refractivity contribution in [1.29, 1.82) is 0 Å². The first-order valence-electron chi connectivity index (χ1n) is 7.00.